The van der Waals surface area contributed by atoms with Crippen LogP contribution in [0.3, 0.4) is 0 Å². The van der Waals surface area contributed by atoms with Crippen LogP contribution in [0.25, 0.3) is 0 Å². The van der Waals surface area contributed by atoms with Crippen LogP contribution in [0.5, 0.6) is 0 Å². The fourth-order valence-corrected chi connectivity index (χ4v) is 2.93. The van der Waals surface area contributed by atoms with E-state index in [0.29, 0.717) is 0 Å². The monoisotopic (exact) mass is 367 g/mol. The summed E-state index contributed by atoms with van der Waals surface area (Å²) in [4.78, 5) is 28.8. The molecule has 2 aromatic rings. The topological polar surface area (TPSA) is 71.1 Å². The number of nitrogens with zero attached hydrogens (tertiary/aromatic N) is 1. The van der Waals surface area contributed by atoms with E-state index in [1.54, 1.807) is 13.8 Å². The van der Waals surface area contributed by atoms with Gasteiger partial charge in [0.1, 0.15) is 28.2 Å². The third-order valence-corrected chi connectivity index (χ3v) is 4.47. The average molecular weight is 367 g/mol. The first kappa shape index (κ1) is 19.0. The van der Waals surface area contributed by atoms with Crippen molar-refractivity contribution in [3.63, 3.8) is 0 Å². The molecule has 0 aliphatic heterocycles. The Morgan fingerprint density at radius 2 is 1.88 bits per heavy atom. The maximum Gasteiger partial charge on any atom is 0.257 e. The lowest BCUT2D eigenvalue weighted by Crippen LogP contribution is -2.49. The van der Waals surface area contributed by atoms with E-state index in [4.69, 9.17) is 0 Å². The zero-order valence-electron chi connectivity index (χ0n) is 14.1. The summed E-state index contributed by atoms with van der Waals surface area (Å²) in [5.41, 5.74) is 0.162. The summed E-state index contributed by atoms with van der Waals surface area (Å²) < 4.78 is 27.4. The Morgan fingerprint density at radius 3 is 2.40 bits per heavy atom. The van der Waals surface area contributed by atoms with Crippen molar-refractivity contribution in [2.24, 2.45) is 5.92 Å². The summed E-state index contributed by atoms with van der Waals surface area (Å²) in [6.07, 6.45) is 0. The second kappa shape index (κ2) is 8.15. The molecule has 0 saturated heterocycles. The molecule has 2 amide bonds. The van der Waals surface area contributed by atoms with E-state index in [1.807, 2.05) is 12.3 Å². The van der Waals surface area contributed by atoms with E-state index in [1.165, 1.54) is 17.4 Å². The number of thiazole rings is 1. The predicted molar refractivity (Wildman–Crippen MR) is 91.1 cm³/mol. The van der Waals surface area contributed by atoms with E-state index in [0.717, 1.165) is 22.8 Å². The summed E-state index contributed by atoms with van der Waals surface area (Å²) in [5.74, 6) is -3.61. The van der Waals surface area contributed by atoms with Gasteiger partial charge < -0.3 is 10.6 Å². The summed E-state index contributed by atoms with van der Waals surface area (Å²) in [5, 5.41) is 7.70. The highest BCUT2D eigenvalue weighted by Gasteiger charge is 2.27. The predicted octanol–water partition coefficient (Wildman–Crippen LogP) is 2.80. The molecule has 0 radical (unpaired) electrons. The van der Waals surface area contributed by atoms with E-state index < -0.39 is 35.1 Å². The lowest BCUT2D eigenvalue weighted by molar-refractivity contribution is -0.124. The minimum Gasteiger partial charge on any atom is -0.348 e. The number of carbonyl (C=O) groups excluding carboxylic acids is 2. The molecular weight excluding hydrogens is 348 g/mol. The van der Waals surface area contributed by atoms with Crippen molar-refractivity contribution in [1.82, 2.24) is 15.6 Å². The third kappa shape index (κ3) is 4.82. The molecule has 2 N–H and O–H groups in total. The van der Waals surface area contributed by atoms with Crippen LogP contribution in [-0.2, 0) is 11.3 Å². The Labute approximate surface area is 148 Å². The highest BCUT2D eigenvalue weighted by Crippen LogP contribution is 2.13. The number of benzene rings is 1. The Hall–Kier alpha value is -2.35. The fraction of sp³-hybridized carbons (Fsp3) is 0.353. The second-order valence-corrected chi connectivity index (χ2v) is 6.83. The molecule has 2 rings (SSSR count). The maximum atomic E-state index is 13.7. The zero-order chi connectivity index (χ0) is 18.6. The van der Waals surface area contributed by atoms with Crippen molar-refractivity contribution >= 4 is 23.2 Å². The van der Waals surface area contributed by atoms with Gasteiger partial charge in [-0.15, -0.1) is 11.3 Å². The normalized spacial score (nSPS) is 12.1. The van der Waals surface area contributed by atoms with Crippen molar-refractivity contribution in [3.05, 3.63) is 51.5 Å². The minimum atomic E-state index is -0.973. The van der Waals surface area contributed by atoms with Gasteiger partial charge in [-0.1, -0.05) is 19.9 Å². The number of carbonyl (C=O) groups is 2. The SMILES string of the molecule is Cc1csc(CNC(=O)[C@@H](NC(=O)c2c(F)cccc2F)C(C)C)n1. The second-order valence-electron chi connectivity index (χ2n) is 5.89. The van der Waals surface area contributed by atoms with Gasteiger partial charge in [-0.05, 0) is 25.0 Å². The summed E-state index contributed by atoms with van der Waals surface area (Å²) >= 11 is 1.41. The number of hydrogen-bond acceptors (Lipinski definition) is 4. The molecule has 1 aromatic carbocycles. The molecule has 0 aliphatic carbocycles. The molecule has 1 heterocycles. The number of aryl methyl sites for hydroxylation is 1. The summed E-state index contributed by atoms with van der Waals surface area (Å²) in [6.45, 7) is 5.54. The van der Waals surface area contributed by atoms with Gasteiger partial charge in [-0.3, -0.25) is 9.59 Å². The van der Waals surface area contributed by atoms with Crippen molar-refractivity contribution < 1.29 is 18.4 Å². The van der Waals surface area contributed by atoms with E-state index in [9.17, 15) is 18.4 Å². The molecule has 1 atom stereocenters. The highest BCUT2D eigenvalue weighted by atomic mass is 32.1. The Kier molecular flexibility index (Phi) is 6.19. The third-order valence-electron chi connectivity index (χ3n) is 3.51. The molecule has 0 unspecified atom stereocenters. The lowest BCUT2D eigenvalue weighted by Gasteiger charge is -2.21. The van der Waals surface area contributed by atoms with Gasteiger partial charge in [0, 0.05) is 11.1 Å². The molecule has 0 spiro atoms. The number of amides is 2. The Balaban J connectivity index is 2.07. The van der Waals surface area contributed by atoms with Gasteiger partial charge in [-0.2, -0.15) is 0 Å². The molecule has 5 nitrogen and oxygen atoms in total. The first-order valence-corrected chi connectivity index (χ1v) is 8.61. The number of nitrogens with one attached hydrogen (secondary N) is 2. The first-order chi connectivity index (χ1) is 11.8. The molecule has 134 valence electrons. The van der Waals surface area contributed by atoms with E-state index in [2.05, 4.69) is 15.6 Å². The largest absolute Gasteiger partial charge is 0.348 e. The number of halogens is 2. The van der Waals surface area contributed by atoms with Crippen LogP contribution in [-0.4, -0.2) is 22.8 Å². The van der Waals surface area contributed by atoms with Crippen LogP contribution >= 0.6 is 11.3 Å². The number of aromatic nitrogens is 1. The maximum absolute atomic E-state index is 13.7. The Morgan fingerprint density at radius 1 is 1.24 bits per heavy atom. The fourth-order valence-electron chi connectivity index (χ4n) is 2.22. The molecule has 1 aromatic heterocycles. The van der Waals surface area contributed by atoms with Crippen LogP contribution in [0.15, 0.2) is 23.6 Å². The van der Waals surface area contributed by atoms with Gasteiger partial charge in [0.2, 0.25) is 5.91 Å². The van der Waals surface area contributed by atoms with Gasteiger partial charge >= 0.3 is 0 Å². The number of rotatable bonds is 6. The molecule has 8 heteroatoms. The van der Waals surface area contributed by atoms with Crippen molar-refractivity contribution in [2.45, 2.75) is 33.4 Å². The van der Waals surface area contributed by atoms with Gasteiger partial charge in [-0.25, -0.2) is 13.8 Å². The van der Waals surface area contributed by atoms with Gasteiger partial charge in [0.25, 0.3) is 5.91 Å². The zero-order valence-corrected chi connectivity index (χ0v) is 14.9. The van der Waals surface area contributed by atoms with Crippen LogP contribution in [0, 0.1) is 24.5 Å². The molecule has 0 fully saturated rings. The van der Waals surface area contributed by atoms with Gasteiger partial charge in [0.15, 0.2) is 0 Å². The van der Waals surface area contributed by atoms with Gasteiger partial charge in [0.05, 0.1) is 6.54 Å². The van der Waals surface area contributed by atoms with Crippen molar-refractivity contribution in [1.29, 1.82) is 0 Å². The molecule has 0 saturated carbocycles. The summed E-state index contributed by atoms with van der Waals surface area (Å²) in [6, 6.07) is 2.23. The van der Waals surface area contributed by atoms with E-state index >= 15 is 0 Å². The molecule has 0 aliphatic rings. The Bertz CT molecular complexity index is 757. The molecular formula is C17H19F2N3O2S. The smallest absolute Gasteiger partial charge is 0.257 e. The average Bonchev–Trinajstić information content (AvgIpc) is 2.95. The quantitative estimate of drug-likeness (QED) is 0.825. The molecule has 25 heavy (non-hydrogen) atoms. The number of hydrogen-bond donors (Lipinski definition) is 2. The van der Waals surface area contributed by atoms with Crippen molar-refractivity contribution in [3.8, 4) is 0 Å². The van der Waals surface area contributed by atoms with E-state index in [-0.39, 0.29) is 12.5 Å². The van der Waals surface area contributed by atoms with Crippen LogP contribution in [0.4, 0.5) is 8.78 Å². The minimum absolute atomic E-state index is 0.227. The van der Waals surface area contributed by atoms with Crippen LogP contribution in [0.1, 0.15) is 34.9 Å². The van der Waals surface area contributed by atoms with Crippen LogP contribution in [0.2, 0.25) is 0 Å². The first-order valence-electron chi connectivity index (χ1n) is 7.73. The highest BCUT2D eigenvalue weighted by molar-refractivity contribution is 7.09. The lowest BCUT2D eigenvalue weighted by atomic mass is 10.0. The molecule has 0 bridgehead atoms. The summed E-state index contributed by atoms with van der Waals surface area (Å²) in [7, 11) is 0. The standard InChI is InChI=1S/C17H19F2N3O2S/c1-9(2)15(17(24)20-7-13-21-10(3)8-25-13)22-16(23)14-11(18)5-4-6-12(14)19/h4-6,8-9,15H,7H2,1-3H3,(H,20,24)(H,22,23)/t15-/m0/s1. The van der Waals surface area contributed by atoms with Crippen LogP contribution < -0.4 is 10.6 Å². The van der Waals surface area contributed by atoms with Crippen molar-refractivity contribution in [2.75, 3.05) is 0 Å².